The first kappa shape index (κ1) is 84.9. The number of likely N-dealkylation sites (N-methyl/N-ethyl adjacent to an activating group) is 1. The first-order chi connectivity index (χ1) is 46.4. The number of aliphatic hydroxyl groups excluding tert-OH is 6. The lowest BCUT2D eigenvalue weighted by Crippen LogP contribution is -2.66. The van der Waals surface area contributed by atoms with Gasteiger partial charge in [-0.25, -0.2) is 9.37 Å². The number of hydrogen-bond acceptors (Lipinski definition) is 25. The number of nitrogens with two attached hydrogens (primary N) is 1. The van der Waals surface area contributed by atoms with E-state index in [9.17, 15) is 113 Å². The zero-order valence-electron chi connectivity index (χ0n) is 57.0. The van der Waals surface area contributed by atoms with Gasteiger partial charge in [0, 0.05) is 59.7 Å². The summed E-state index contributed by atoms with van der Waals surface area (Å²) in [4.78, 5) is 167. The molecule has 1 aromatic carbocycles. The molecule has 2 aromatic heterocycles. The van der Waals surface area contributed by atoms with E-state index in [1.165, 1.54) is 57.0 Å². The van der Waals surface area contributed by atoms with E-state index in [2.05, 4.69) is 58.2 Å². The molecule has 558 valence electrons. The number of ether oxygens (including phenoxy) is 1. The molecule has 0 aliphatic carbocycles. The van der Waals surface area contributed by atoms with Gasteiger partial charge in [0.25, 0.3) is 11.8 Å². The quantitative estimate of drug-likeness (QED) is 0.0237. The lowest BCUT2D eigenvalue weighted by Gasteiger charge is -2.36. The first-order valence-corrected chi connectivity index (χ1v) is 31.1. The van der Waals surface area contributed by atoms with E-state index < -0.39 is 217 Å². The average molecular weight is 1420 g/mol. The number of methoxy groups -OCH3 is 1. The predicted molar refractivity (Wildman–Crippen MR) is 345 cm³/mol. The molecule has 0 fully saturated rings. The molecule has 39 heteroatoms. The van der Waals surface area contributed by atoms with Gasteiger partial charge in [-0.05, 0) is 64.2 Å². The van der Waals surface area contributed by atoms with Crippen molar-refractivity contribution in [3.63, 3.8) is 0 Å². The van der Waals surface area contributed by atoms with Gasteiger partial charge in [0.15, 0.2) is 18.0 Å². The lowest BCUT2D eigenvalue weighted by atomic mass is 9.85. The Bertz CT molecular complexity index is 3390. The van der Waals surface area contributed by atoms with Crippen molar-refractivity contribution in [3.05, 3.63) is 82.0 Å². The number of carbonyl (C=O) groups excluding carboxylic acids is 11. The van der Waals surface area contributed by atoms with Crippen LogP contribution in [0.15, 0.2) is 53.8 Å². The number of amides is 11. The van der Waals surface area contributed by atoms with Crippen LogP contribution in [0, 0.1) is 11.2 Å². The smallest absolute Gasteiger partial charge is 0.254 e. The number of halogens is 1. The van der Waals surface area contributed by atoms with Crippen LogP contribution in [0.1, 0.15) is 91.3 Å². The summed E-state index contributed by atoms with van der Waals surface area (Å²) in [5.74, 6) is -14.0. The molecule has 11 amide bonds. The molecule has 13 atom stereocenters. The Labute approximate surface area is 572 Å². The van der Waals surface area contributed by atoms with Crippen LogP contribution in [0.3, 0.4) is 0 Å². The number of pyridine rings is 1. The minimum atomic E-state index is -2.46. The first-order valence-electron chi connectivity index (χ1n) is 31.1. The number of aromatic nitrogens is 3. The summed E-state index contributed by atoms with van der Waals surface area (Å²) in [5, 5.41) is 129. The molecule has 0 saturated heterocycles. The lowest BCUT2D eigenvalue weighted by molar-refractivity contribution is -0.156. The number of aliphatic hydroxyl groups is 8. The molecule has 0 unspecified atom stereocenters. The number of benzene rings is 1. The van der Waals surface area contributed by atoms with Crippen LogP contribution in [0.5, 0.6) is 5.75 Å². The third-order valence-corrected chi connectivity index (χ3v) is 15.5. The largest absolute Gasteiger partial charge is 0.503 e. The normalized spacial score (nSPS) is 15.7. The van der Waals surface area contributed by atoms with Crippen molar-refractivity contribution >= 4 is 65.0 Å². The summed E-state index contributed by atoms with van der Waals surface area (Å²) in [6, 6.07) is -7.33. The molecule has 3 aromatic rings. The van der Waals surface area contributed by atoms with Gasteiger partial charge in [-0.2, -0.15) is 4.73 Å². The summed E-state index contributed by atoms with van der Waals surface area (Å²) in [7, 11) is 3.48. The highest BCUT2D eigenvalue weighted by Gasteiger charge is 2.44. The molecule has 0 spiro atoms. The number of imidazole rings is 1. The van der Waals surface area contributed by atoms with Gasteiger partial charge in [0.05, 0.1) is 67.1 Å². The summed E-state index contributed by atoms with van der Waals surface area (Å²) in [6.07, 6.45) is -9.95. The molecule has 0 saturated carbocycles. The van der Waals surface area contributed by atoms with Crippen molar-refractivity contribution in [1.29, 1.82) is 0 Å². The number of hydrogen-bond donors (Lipinski definition) is 21. The third kappa shape index (κ3) is 25.1. The Morgan fingerprint density at radius 3 is 1.82 bits per heavy atom. The summed E-state index contributed by atoms with van der Waals surface area (Å²) in [6.45, 7) is 6.35. The maximum absolute atomic E-state index is 14.2. The Balaban J connectivity index is 1.79. The molecule has 3 rings (SSSR count). The predicted octanol–water partition coefficient (Wildman–Crippen LogP) is -8.86. The second-order valence-corrected chi connectivity index (χ2v) is 25.6. The highest BCUT2D eigenvalue weighted by atomic mass is 19.1. The number of aromatic hydroxyl groups is 1. The van der Waals surface area contributed by atoms with Gasteiger partial charge in [-0.1, -0.05) is 32.9 Å². The molecule has 0 radical (unpaired) electrons. The van der Waals surface area contributed by atoms with Crippen molar-refractivity contribution in [2.45, 2.75) is 171 Å². The molecule has 0 aliphatic heterocycles. The maximum Gasteiger partial charge on any atom is 0.254 e. The highest BCUT2D eigenvalue weighted by Crippen LogP contribution is 2.23. The van der Waals surface area contributed by atoms with Crippen LogP contribution in [0.25, 0.3) is 0 Å². The van der Waals surface area contributed by atoms with Gasteiger partial charge >= 0.3 is 0 Å². The van der Waals surface area contributed by atoms with Crippen LogP contribution < -0.4 is 64.3 Å². The Morgan fingerprint density at radius 1 is 0.710 bits per heavy atom. The fourth-order valence-electron chi connectivity index (χ4n) is 9.48. The minimum absolute atomic E-state index is 0.00328. The van der Waals surface area contributed by atoms with Crippen molar-refractivity contribution in [2.75, 3.05) is 46.9 Å². The second kappa shape index (κ2) is 37.8. The van der Waals surface area contributed by atoms with E-state index in [1.807, 2.05) is 0 Å². The minimum Gasteiger partial charge on any atom is -0.503 e. The zero-order valence-corrected chi connectivity index (χ0v) is 57.0. The molecular weight excluding hydrogens is 1330 g/mol. The summed E-state index contributed by atoms with van der Waals surface area (Å²) >= 11 is 0. The van der Waals surface area contributed by atoms with E-state index in [1.54, 1.807) is 0 Å². The van der Waals surface area contributed by atoms with Gasteiger partial charge in [-0.15, -0.1) is 0 Å². The zero-order chi connectivity index (χ0) is 76.1. The van der Waals surface area contributed by atoms with Crippen LogP contribution >= 0.6 is 0 Å². The van der Waals surface area contributed by atoms with Crippen molar-refractivity contribution in [2.24, 2.45) is 18.2 Å². The van der Waals surface area contributed by atoms with Crippen LogP contribution in [-0.2, 0) is 77.5 Å². The van der Waals surface area contributed by atoms with E-state index in [-0.39, 0.29) is 36.5 Å². The SMILES string of the molecule is CO[C@@H](CNC(=O)[C@H](NC(=O)[C@H](O)[C@H](C)O)[C@H](O)c1cncn1C)[C@H](O)[C@H](O)C(=O)N(C)[C@@H](Cc1ccc(F)cc1)C(=O)NCC(=O)N[C@H](C(=O)N[C@@H](CO)C(=O)N[C@H](C(=O)N[C@H](C(=O)N[C@@H](CCC(=O)NCc1cc(=O)c(O)cn1O)C(=O)NCCN)C(C)(C)C)C(C)(C)O)C(C)(C)O. The highest BCUT2D eigenvalue weighted by molar-refractivity contribution is 5.98. The molecule has 38 nitrogen and oxygen atoms in total. The fourth-order valence-corrected chi connectivity index (χ4v) is 9.48. The Morgan fingerprint density at radius 2 is 1.28 bits per heavy atom. The molecule has 100 heavy (non-hydrogen) atoms. The van der Waals surface area contributed by atoms with Crippen LogP contribution in [0.2, 0.25) is 0 Å². The summed E-state index contributed by atoms with van der Waals surface area (Å²) in [5.41, 5.74) is -0.834. The number of nitrogens with zero attached hydrogens (tertiary/aromatic N) is 4. The number of nitrogens with one attached hydrogen (secondary N) is 10. The number of aryl methyl sites for hydroxylation is 1. The maximum atomic E-state index is 14.2. The molecule has 0 aliphatic rings. The van der Waals surface area contributed by atoms with Gasteiger partial charge in [-0.3, -0.25) is 57.5 Å². The molecular formula is C61H94FN15O23. The van der Waals surface area contributed by atoms with Crippen molar-refractivity contribution in [3.8, 4) is 5.75 Å². The van der Waals surface area contributed by atoms with E-state index in [4.69, 9.17) is 10.5 Å². The molecule has 2 heterocycles. The van der Waals surface area contributed by atoms with Crippen molar-refractivity contribution in [1.82, 2.24) is 72.3 Å². The standard InChI is InChI=1S/C61H94FN15O23/c1-29(79)43(84)54(92)72-42(44(85)36-23-64-28-75(36)9)53(91)67-24-39(100-11)45(86)46(87)58(96)76(10)35(20-30-12-14-31(62)15-13-30)52(90)68-25-41(83)71-48(60(5,6)97)56(94)70-34(27-78)51(89)74-49(61(7,8)98)57(95)73-47(59(2,3)4)55(93)69-33(50(88)65-19-18-63)16-17-40(82)66-22-32-21-37(80)38(81)26-77(32)99/h12-15,21,23,26,28-29,33-35,39,42-49,78-79,81,84-87,97-99H,16-20,22,24-25,27,63H2,1-11H3,(H,65,88)(H,66,82)(H,67,91)(H,68,90)(H,69,93)(H,70,94)(H,71,83)(H,72,92)(H,73,95)(H,74,89)/t29-,33-,34-,35-,39-,42+,43+,44+,45-,46-,47+,48+,49+/m0/s1. The van der Waals surface area contributed by atoms with E-state index >= 15 is 0 Å². The summed E-state index contributed by atoms with van der Waals surface area (Å²) < 4.78 is 21.0. The fraction of sp³-hybridized carbons (Fsp3) is 0.590. The Kier molecular flexibility index (Phi) is 32.1. The van der Waals surface area contributed by atoms with E-state index in [0.29, 0.717) is 15.8 Å². The second-order valence-electron chi connectivity index (χ2n) is 25.6. The number of rotatable bonds is 38. The van der Waals surface area contributed by atoms with Gasteiger partial charge in [0.1, 0.15) is 66.4 Å². The topological polar surface area (TPSA) is 589 Å². The Hall–Kier alpha value is -9.32. The van der Waals surface area contributed by atoms with Crippen LogP contribution in [0.4, 0.5) is 4.39 Å². The van der Waals surface area contributed by atoms with E-state index in [0.717, 1.165) is 67.0 Å². The molecule has 22 N–H and O–H groups in total. The van der Waals surface area contributed by atoms with Gasteiger partial charge in [0.2, 0.25) is 58.6 Å². The van der Waals surface area contributed by atoms with Crippen LogP contribution in [-0.4, -0.2) is 266 Å². The van der Waals surface area contributed by atoms with Gasteiger partial charge < -0.3 is 124 Å². The monoisotopic (exact) mass is 1420 g/mol. The molecule has 0 bridgehead atoms. The third-order valence-electron chi connectivity index (χ3n) is 15.5. The average Bonchev–Trinajstić information content (AvgIpc) is 1.09. The number of carbonyl (C=O) groups is 11. The van der Waals surface area contributed by atoms with Crippen molar-refractivity contribution < 1.29 is 113 Å².